The lowest BCUT2D eigenvalue weighted by molar-refractivity contribution is -0.151. The van der Waals surface area contributed by atoms with Crippen molar-refractivity contribution in [2.75, 3.05) is 0 Å². The van der Waals surface area contributed by atoms with Crippen molar-refractivity contribution < 1.29 is 9.59 Å². The molecule has 76 valence electrons. The minimum atomic E-state index is -0.417. The second-order valence-electron chi connectivity index (χ2n) is 4.37. The lowest BCUT2D eigenvalue weighted by Gasteiger charge is -2.49. The van der Waals surface area contributed by atoms with Crippen LogP contribution in [-0.4, -0.2) is 11.8 Å². The van der Waals surface area contributed by atoms with Crippen LogP contribution >= 0.6 is 0 Å². The van der Waals surface area contributed by atoms with E-state index in [1.54, 1.807) is 0 Å². The van der Waals surface area contributed by atoms with Crippen LogP contribution in [0.3, 0.4) is 0 Å². The number of piperidine rings is 2. The number of imide groups is 1. The highest BCUT2D eigenvalue weighted by molar-refractivity contribution is 6.07. The molecule has 1 N–H and O–H groups in total. The number of nitrogens with one attached hydrogen (secondary N) is 1. The predicted octanol–water partition coefficient (Wildman–Crippen LogP) is 0.991. The molecule has 1 saturated carbocycles. The monoisotopic (exact) mass is 201 g/mol. The van der Waals surface area contributed by atoms with Crippen LogP contribution in [0.1, 0.15) is 18.4 Å². The summed E-state index contributed by atoms with van der Waals surface area (Å²) in [5.41, 5.74) is 0.617. The van der Waals surface area contributed by atoms with E-state index in [1.165, 1.54) is 0 Å². The molecule has 2 aliphatic heterocycles. The molecule has 15 heavy (non-hydrogen) atoms. The first-order valence-electron chi connectivity index (χ1n) is 5.13. The summed E-state index contributed by atoms with van der Waals surface area (Å²) < 4.78 is 0. The lowest BCUT2D eigenvalue weighted by Crippen LogP contribution is -2.64. The molecule has 2 saturated heterocycles. The molecule has 2 amide bonds. The Hall–Kier alpha value is -1.64. The van der Waals surface area contributed by atoms with E-state index in [0.29, 0.717) is 12.8 Å². The number of fused-ring (bicyclic) bond motifs is 2. The standard InChI is InChI=1S/C12H11NO2/c14-10-8-6-12(7-8,11(15)13-10)9-4-2-1-3-5-9/h1-5,8H,6-7H2,(H,13,14,15). The summed E-state index contributed by atoms with van der Waals surface area (Å²) in [6.45, 7) is 0. The number of hydrogen-bond donors (Lipinski definition) is 1. The fourth-order valence-electron chi connectivity index (χ4n) is 2.61. The first-order chi connectivity index (χ1) is 7.22. The second kappa shape index (κ2) is 2.69. The van der Waals surface area contributed by atoms with Gasteiger partial charge in [0, 0.05) is 5.92 Å². The minimum Gasteiger partial charge on any atom is -0.295 e. The third-order valence-electron chi connectivity index (χ3n) is 3.56. The van der Waals surface area contributed by atoms with E-state index >= 15 is 0 Å². The average Bonchev–Trinajstić information content (AvgIpc) is 2.16. The van der Waals surface area contributed by atoms with E-state index in [1.807, 2.05) is 30.3 Å². The Morgan fingerprint density at radius 1 is 1.13 bits per heavy atom. The maximum atomic E-state index is 11.8. The SMILES string of the molecule is O=C1NC(=O)C2(c3ccccc3)CC1C2. The van der Waals surface area contributed by atoms with Gasteiger partial charge in [0.25, 0.3) is 0 Å². The van der Waals surface area contributed by atoms with Crippen molar-refractivity contribution in [2.24, 2.45) is 5.92 Å². The lowest BCUT2D eigenvalue weighted by atomic mass is 9.55. The molecule has 0 spiro atoms. The summed E-state index contributed by atoms with van der Waals surface area (Å²) in [4.78, 5) is 23.1. The van der Waals surface area contributed by atoms with Crippen molar-refractivity contribution in [3.8, 4) is 0 Å². The van der Waals surface area contributed by atoms with Crippen LogP contribution in [0, 0.1) is 5.92 Å². The van der Waals surface area contributed by atoms with Gasteiger partial charge in [0.15, 0.2) is 0 Å². The van der Waals surface area contributed by atoms with Crippen molar-refractivity contribution in [1.29, 1.82) is 0 Å². The van der Waals surface area contributed by atoms with Gasteiger partial charge in [-0.25, -0.2) is 0 Å². The molecule has 0 atom stereocenters. The molecule has 1 aromatic carbocycles. The molecular weight excluding hydrogens is 190 g/mol. The topological polar surface area (TPSA) is 46.2 Å². The van der Waals surface area contributed by atoms with E-state index in [9.17, 15) is 9.59 Å². The van der Waals surface area contributed by atoms with Crippen LogP contribution in [0.25, 0.3) is 0 Å². The number of hydrogen-bond acceptors (Lipinski definition) is 2. The summed E-state index contributed by atoms with van der Waals surface area (Å²) in [5.74, 6) is -0.179. The summed E-state index contributed by atoms with van der Waals surface area (Å²) in [5, 5.41) is 2.44. The first kappa shape index (κ1) is 8.65. The normalized spacial score (nSPS) is 33.2. The number of carbonyl (C=O) groups excluding carboxylic acids is 2. The van der Waals surface area contributed by atoms with Gasteiger partial charge in [0.2, 0.25) is 11.8 Å². The smallest absolute Gasteiger partial charge is 0.237 e. The molecule has 2 heterocycles. The van der Waals surface area contributed by atoms with Crippen LogP contribution in [0.15, 0.2) is 30.3 Å². The van der Waals surface area contributed by atoms with Crippen molar-refractivity contribution >= 4 is 11.8 Å². The Balaban J connectivity index is 2.01. The van der Waals surface area contributed by atoms with Crippen LogP contribution in [0.4, 0.5) is 0 Å². The molecule has 0 unspecified atom stereocenters. The number of benzene rings is 1. The first-order valence-corrected chi connectivity index (χ1v) is 5.13. The Labute approximate surface area is 87.5 Å². The van der Waals surface area contributed by atoms with E-state index in [2.05, 4.69) is 5.32 Å². The van der Waals surface area contributed by atoms with Crippen LogP contribution in [0.2, 0.25) is 0 Å². The fraction of sp³-hybridized carbons (Fsp3) is 0.333. The molecule has 3 fully saturated rings. The molecule has 1 aromatic rings. The molecule has 3 aliphatic rings. The van der Waals surface area contributed by atoms with E-state index < -0.39 is 5.41 Å². The highest BCUT2D eigenvalue weighted by Gasteiger charge is 2.58. The zero-order valence-electron chi connectivity index (χ0n) is 8.19. The molecule has 0 aromatic heterocycles. The molecule has 1 aliphatic carbocycles. The molecular formula is C12H11NO2. The van der Waals surface area contributed by atoms with Gasteiger partial charge in [-0.1, -0.05) is 30.3 Å². The van der Waals surface area contributed by atoms with Crippen molar-refractivity contribution in [3.05, 3.63) is 35.9 Å². The third-order valence-corrected chi connectivity index (χ3v) is 3.56. The van der Waals surface area contributed by atoms with Crippen LogP contribution in [-0.2, 0) is 15.0 Å². The Bertz CT molecular complexity index is 432. The van der Waals surface area contributed by atoms with Crippen molar-refractivity contribution in [2.45, 2.75) is 18.3 Å². The fourth-order valence-corrected chi connectivity index (χ4v) is 2.61. The largest absolute Gasteiger partial charge is 0.295 e. The van der Waals surface area contributed by atoms with Gasteiger partial charge >= 0.3 is 0 Å². The molecule has 3 nitrogen and oxygen atoms in total. The van der Waals surface area contributed by atoms with Gasteiger partial charge in [0.05, 0.1) is 5.41 Å². The molecule has 2 bridgehead atoms. The molecule has 3 heteroatoms. The summed E-state index contributed by atoms with van der Waals surface area (Å²) in [6, 6.07) is 9.72. The number of rotatable bonds is 1. The average molecular weight is 201 g/mol. The maximum Gasteiger partial charge on any atom is 0.237 e. The Kier molecular flexibility index (Phi) is 1.55. The highest BCUT2D eigenvalue weighted by Crippen LogP contribution is 2.50. The van der Waals surface area contributed by atoms with Crippen LogP contribution < -0.4 is 5.32 Å². The van der Waals surface area contributed by atoms with E-state index in [4.69, 9.17) is 0 Å². The van der Waals surface area contributed by atoms with Crippen molar-refractivity contribution in [1.82, 2.24) is 5.32 Å². The number of carbonyl (C=O) groups is 2. The van der Waals surface area contributed by atoms with Gasteiger partial charge in [-0.2, -0.15) is 0 Å². The second-order valence-corrected chi connectivity index (χ2v) is 4.37. The summed E-state index contributed by atoms with van der Waals surface area (Å²) in [6.07, 6.45) is 1.36. The third kappa shape index (κ3) is 1.00. The molecule has 0 radical (unpaired) electrons. The summed E-state index contributed by atoms with van der Waals surface area (Å²) >= 11 is 0. The Morgan fingerprint density at radius 3 is 2.40 bits per heavy atom. The van der Waals surface area contributed by atoms with Gasteiger partial charge in [-0.3, -0.25) is 14.9 Å². The van der Waals surface area contributed by atoms with E-state index in [-0.39, 0.29) is 17.7 Å². The highest BCUT2D eigenvalue weighted by atomic mass is 16.2. The van der Waals surface area contributed by atoms with Gasteiger partial charge in [-0.05, 0) is 18.4 Å². The quantitative estimate of drug-likeness (QED) is 0.689. The zero-order valence-corrected chi connectivity index (χ0v) is 8.19. The van der Waals surface area contributed by atoms with E-state index in [0.717, 1.165) is 5.56 Å². The Morgan fingerprint density at radius 2 is 1.80 bits per heavy atom. The minimum absolute atomic E-state index is 0.0444. The zero-order chi connectivity index (χ0) is 10.5. The van der Waals surface area contributed by atoms with Gasteiger partial charge in [0.1, 0.15) is 0 Å². The maximum absolute atomic E-state index is 11.8. The van der Waals surface area contributed by atoms with Crippen LogP contribution in [0.5, 0.6) is 0 Å². The molecule has 4 rings (SSSR count). The number of amides is 2. The van der Waals surface area contributed by atoms with Crippen molar-refractivity contribution in [3.63, 3.8) is 0 Å². The summed E-state index contributed by atoms with van der Waals surface area (Å²) in [7, 11) is 0. The van der Waals surface area contributed by atoms with Gasteiger partial charge in [-0.15, -0.1) is 0 Å². The van der Waals surface area contributed by atoms with Gasteiger partial charge < -0.3 is 0 Å². The predicted molar refractivity (Wildman–Crippen MR) is 54.0 cm³/mol.